The molecule has 1 fully saturated rings. The van der Waals surface area contributed by atoms with Crippen molar-refractivity contribution in [1.29, 1.82) is 0 Å². The van der Waals surface area contributed by atoms with E-state index in [1.54, 1.807) is 0 Å². The van der Waals surface area contributed by atoms with E-state index in [0.717, 1.165) is 39.1 Å². The van der Waals surface area contributed by atoms with Crippen molar-refractivity contribution in [1.82, 2.24) is 4.90 Å². The van der Waals surface area contributed by atoms with E-state index in [2.05, 4.69) is 11.8 Å². The summed E-state index contributed by atoms with van der Waals surface area (Å²) in [5, 5.41) is 0. The zero-order valence-corrected chi connectivity index (χ0v) is 13.0. The molecule has 1 aromatic rings. The molecule has 0 saturated carbocycles. The van der Waals surface area contributed by atoms with Gasteiger partial charge in [-0.2, -0.15) is 0 Å². The average Bonchev–Trinajstić information content (AvgIpc) is 2.50. The number of carbonyl (C=O) groups excluding carboxylic acids is 1. The highest BCUT2D eigenvalue weighted by Gasteiger charge is 2.19. The van der Waals surface area contributed by atoms with E-state index >= 15 is 0 Å². The fraction of sp³-hybridized carbons (Fsp3) is 0.588. The van der Waals surface area contributed by atoms with Gasteiger partial charge in [0.15, 0.2) is 0 Å². The Labute approximate surface area is 127 Å². The Morgan fingerprint density at radius 1 is 1.29 bits per heavy atom. The molecule has 1 aliphatic rings. The second-order valence-corrected chi connectivity index (χ2v) is 5.49. The van der Waals surface area contributed by atoms with Gasteiger partial charge >= 0.3 is 5.97 Å². The van der Waals surface area contributed by atoms with Gasteiger partial charge in [0.05, 0.1) is 13.2 Å². The number of nitrogens with zero attached hydrogens (tertiary/aromatic N) is 1. The fourth-order valence-electron chi connectivity index (χ4n) is 2.81. The van der Waals surface area contributed by atoms with Crippen LogP contribution in [0.1, 0.15) is 32.3 Å². The van der Waals surface area contributed by atoms with Crippen LogP contribution in [-0.4, -0.2) is 43.2 Å². The van der Waals surface area contributed by atoms with Crippen LogP contribution in [0.25, 0.3) is 0 Å². The predicted octanol–water partition coefficient (Wildman–Crippen LogP) is 2.66. The second-order valence-electron chi connectivity index (χ2n) is 5.49. The van der Waals surface area contributed by atoms with Gasteiger partial charge in [0.2, 0.25) is 0 Å². The summed E-state index contributed by atoms with van der Waals surface area (Å²) in [6, 6.07) is 8.45. The summed E-state index contributed by atoms with van der Waals surface area (Å²) >= 11 is 0. The lowest BCUT2D eigenvalue weighted by atomic mass is 10.0. The number of hydrogen-bond donors (Lipinski definition) is 0. The molecule has 4 heteroatoms. The van der Waals surface area contributed by atoms with Gasteiger partial charge in [-0.3, -0.25) is 9.69 Å². The number of carbonyl (C=O) groups is 1. The van der Waals surface area contributed by atoms with Gasteiger partial charge in [0.1, 0.15) is 5.75 Å². The van der Waals surface area contributed by atoms with E-state index in [9.17, 15) is 4.79 Å². The Kier molecular flexibility index (Phi) is 6.21. The molecular weight excluding hydrogens is 266 g/mol. The first-order valence-electron chi connectivity index (χ1n) is 7.78. The Morgan fingerprint density at radius 2 is 1.95 bits per heavy atom. The summed E-state index contributed by atoms with van der Waals surface area (Å²) in [4.78, 5) is 13.4. The topological polar surface area (TPSA) is 38.8 Å². The number of rotatable bonds is 6. The van der Waals surface area contributed by atoms with Gasteiger partial charge in [0, 0.05) is 26.1 Å². The largest absolute Gasteiger partial charge is 0.427 e. The van der Waals surface area contributed by atoms with Gasteiger partial charge in [-0.15, -0.1) is 0 Å². The molecule has 0 spiro atoms. The lowest BCUT2D eigenvalue weighted by Crippen LogP contribution is -2.43. The van der Waals surface area contributed by atoms with Crippen LogP contribution in [0.15, 0.2) is 24.3 Å². The van der Waals surface area contributed by atoms with E-state index in [1.807, 2.05) is 24.3 Å². The quantitative estimate of drug-likeness (QED) is 0.596. The van der Waals surface area contributed by atoms with Crippen LogP contribution in [0.4, 0.5) is 0 Å². The monoisotopic (exact) mass is 291 g/mol. The number of aryl methyl sites for hydroxylation is 1. The lowest BCUT2D eigenvalue weighted by Gasteiger charge is -2.34. The van der Waals surface area contributed by atoms with Gasteiger partial charge in [-0.05, 0) is 37.0 Å². The molecule has 1 aliphatic heterocycles. The van der Waals surface area contributed by atoms with E-state index in [0.29, 0.717) is 11.8 Å². The van der Waals surface area contributed by atoms with Gasteiger partial charge in [0.25, 0.3) is 0 Å². The Balaban J connectivity index is 1.84. The maximum absolute atomic E-state index is 10.9. The van der Waals surface area contributed by atoms with Crippen molar-refractivity contribution < 1.29 is 14.3 Å². The fourth-order valence-corrected chi connectivity index (χ4v) is 2.81. The average molecular weight is 291 g/mol. The van der Waals surface area contributed by atoms with Crippen LogP contribution in [0, 0.1) is 0 Å². The van der Waals surface area contributed by atoms with Crippen molar-refractivity contribution in [2.75, 3.05) is 26.3 Å². The van der Waals surface area contributed by atoms with E-state index in [-0.39, 0.29) is 5.97 Å². The summed E-state index contributed by atoms with van der Waals surface area (Å²) in [7, 11) is 0. The van der Waals surface area contributed by atoms with Crippen molar-refractivity contribution in [2.45, 2.75) is 39.2 Å². The van der Waals surface area contributed by atoms with Crippen LogP contribution in [-0.2, 0) is 16.0 Å². The van der Waals surface area contributed by atoms with E-state index in [4.69, 9.17) is 9.47 Å². The molecule has 0 bridgehead atoms. The van der Waals surface area contributed by atoms with Crippen molar-refractivity contribution in [3.63, 3.8) is 0 Å². The first-order chi connectivity index (χ1) is 10.2. The normalized spacial score (nSPS) is 17.4. The molecule has 1 heterocycles. The molecule has 116 valence electrons. The molecule has 1 atom stereocenters. The molecule has 0 aliphatic carbocycles. The minimum absolute atomic E-state index is 0.277. The second kappa shape index (κ2) is 8.15. The minimum Gasteiger partial charge on any atom is -0.427 e. The maximum atomic E-state index is 10.9. The zero-order chi connectivity index (χ0) is 15.1. The molecule has 2 rings (SSSR count). The summed E-state index contributed by atoms with van der Waals surface area (Å²) in [6.45, 7) is 7.47. The first-order valence-corrected chi connectivity index (χ1v) is 7.78. The summed E-state index contributed by atoms with van der Waals surface area (Å²) < 4.78 is 10.5. The zero-order valence-electron chi connectivity index (χ0n) is 13.0. The van der Waals surface area contributed by atoms with E-state index < -0.39 is 0 Å². The number of esters is 1. The van der Waals surface area contributed by atoms with Crippen molar-refractivity contribution in [2.24, 2.45) is 0 Å². The van der Waals surface area contributed by atoms with Gasteiger partial charge in [-0.25, -0.2) is 0 Å². The van der Waals surface area contributed by atoms with E-state index in [1.165, 1.54) is 18.9 Å². The van der Waals surface area contributed by atoms with Crippen LogP contribution >= 0.6 is 0 Å². The third-order valence-electron chi connectivity index (χ3n) is 3.98. The lowest BCUT2D eigenvalue weighted by molar-refractivity contribution is -0.131. The number of benzene rings is 1. The first kappa shape index (κ1) is 16.0. The highest BCUT2D eigenvalue weighted by molar-refractivity contribution is 5.69. The molecule has 0 radical (unpaired) electrons. The molecule has 0 N–H and O–H groups in total. The maximum Gasteiger partial charge on any atom is 0.308 e. The molecule has 0 amide bonds. The van der Waals surface area contributed by atoms with Crippen LogP contribution in [0.2, 0.25) is 0 Å². The number of morpholine rings is 1. The number of ether oxygens (including phenoxy) is 2. The van der Waals surface area contributed by atoms with Gasteiger partial charge in [-0.1, -0.05) is 19.1 Å². The molecule has 1 aromatic carbocycles. The third-order valence-corrected chi connectivity index (χ3v) is 3.98. The molecule has 21 heavy (non-hydrogen) atoms. The molecule has 1 unspecified atom stereocenters. The minimum atomic E-state index is -0.277. The Bertz CT molecular complexity index is 438. The summed E-state index contributed by atoms with van der Waals surface area (Å²) in [5.41, 5.74) is 1.29. The summed E-state index contributed by atoms with van der Waals surface area (Å²) in [5.74, 6) is 0.340. The standard InChI is InChI=1S/C17H25NO3/c1-3-16(18-10-12-20-13-11-18)7-4-15-5-8-17(9-6-15)21-14(2)19/h5-6,8-9,16H,3-4,7,10-13H2,1-2H3. The molecule has 1 saturated heterocycles. The Morgan fingerprint density at radius 3 is 2.52 bits per heavy atom. The molecule has 4 nitrogen and oxygen atoms in total. The SMILES string of the molecule is CCC(CCc1ccc(OC(C)=O)cc1)N1CCOCC1. The van der Waals surface area contributed by atoms with Crippen LogP contribution in [0.5, 0.6) is 5.75 Å². The predicted molar refractivity (Wildman–Crippen MR) is 82.5 cm³/mol. The highest BCUT2D eigenvalue weighted by atomic mass is 16.5. The third kappa shape index (κ3) is 5.14. The van der Waals surface area contributed by atoms with Crippen LogP contribution in [0.3, 0.4) is 0 Å². The van der Waals surface area contributed by atoms with Crippen LogP contribution < -0.4 is 4.74 Å². The Hall–Kier alpha value is -1.39. The van der Waals surface area contributed by atoms with Gasteiger partial charge < -0.3 is 9.47 Å². The highest BCUT2D eigenvalue weighted by Crippen LogP contribution is 2.17. The summed E-state index contributed by atoms with van der Waals surface area (Å²) in [6.07, 6.45) is 3.38. The van der Waals surface area contributed by atoms with Crippen molar-refractivity contribution in [3.8, 4) is 5.75 Å². The van der Waals surface area contributed by atoms with Crippen molar-refractivity contribution >= 4 is 5.97 Å². The smallest absolute Gasteiger partial charge is 0.308 e. The molecular formula is C17H25NO3. The number of hydrogen-bond acceptors (Lipinski definition) is 4. The van der Waals surface area contributed by atoms with Crippen molar-refractivity contribution in [3.05, 3.63) is 29.8 Å². The molecule has 0 aromatic heterocycles.